The number of rotatable bonds is 22. The van der Waals surface area contributed by atoms with Crippen LogP contribution in [0.2, 0.25) is 0 Å². The van der Waals surface area contributed by atoms with Crippen LogP contribution in [-0.2, 0) is 42.7 Å². The van der Waals surface area contributed by atoms with E-state index in [9.17, 15) is 9.59 Å². The van der Waals surface area contributed by atoms with Crippen LogP contribution < -0.4 is 10.6 Å². The summed E-state index contributed by atoms with van der Waals surface area (Å²) in [6.45, 7) is 5.19. The molecule has 0 heterocycles. The van der Waals surface area contributed by atoms with Gasteiger partial charge in [0.15, 0.2) is 0 Å². The van der Waals surface area contributed by atoms with Crippen molar-refractivity contribution in [3.63, 3.8) is 0 Å². The molecule has 0 aromatic rings. The summed E-state index contributed by atoms with van der Waals surface area (Å²) in [5, 5.41) is 5.15. The van der Waals surface area contributed by atoms with E-state index in [1.807, 2.05) is 0 Å². The molecule has 11 nitrogen and oxygen atoms in total. The van der Waals surface area contributed by atoms with Crippen molar-refractivity contribution >= 4 is 11.8 Å². The Hall–Kier alpha value is -1.34. The van der Waals surface area contributed by atoms with Crippen LogP contribution in [0.15, 0.2) is 0 Å². The second-order valence-corrected chi connectivity index (χ2v) is 5.57. The van der Waals surface area contributed by atoms with Gasteiger partial charge < -0.3 is 43.8 Å². The van der Waals surface area contributed by atoms with Crippen molar-refractivity contribution in [2.24, 2.45) is 0 Å². The van der Waals surface area contributed by atoms with Crippen molar-refractivity contribution in [1.29, 1.82) is 0 Å². The lowest BCUT2D eigenvalue weighted by molar-refractivity contribution is -0.127. The molecule has 0 unspecified atom stereocenters. The minimum Gasteiger partial charge on any atom is -0.382 e. The van der Waals surface area contributed by atoms with Crippen molar-refractivity contribution in [2.45, 2.75) is 0 Å². The molecule has 11 heteroatoms. The van der Waals surface area contributed by atoms with Gasteiger partial charge >= 0.3 is 0 Å². The van der Waals surface area contributed by atoms with Crippen LogP contribution in [0.3, 0.4) is 0 Å². The molecule has 0 saturated carbocycles. The summed E-state index contributed by atoms with van der Waals surface area (Å²) in [4.78, 5) is 22.4. The topological polar surface area (TPSA) is 123 Å². The molecule has 0 saturated heterocycles. The Bertz CT molecular complexity index is 386. The number of carbonyl (C=O) groups excluding carboxylic acids is 2. The van der Waals surface area contributed by atoms with Crippen molar-refractivity contribution < 1.29 is 42.7 Å². The van der Waals surface area contributed by atoms with E-state index in [0.717, 1.165) is 0 Å². The number of hydrogen-bond acceptors (Lipinski definition) is 9. The summed E-state index contributed by atoms with van der Waals surface area (Å²) >= 11 is 0. The van der Waals surface area contributed by atoms with Crippen LogP contribution in [0.1, 0.15) is 0 Å². The third kappa shape index (κ3) is 22.8. The van der Waals surface area contributed by atoms with E-state index in [-0.39, 0.29) is 25.0 Å². The maximum absolute atomic E-state index is 11.5. The van der Waals surface area contributed by atoms with Gasteiger partial charge in [0, 0.05) is 20.7 Å². The Morgan fingerprint density at radius 2 is 1.00 bits per heavy atom. The molecule has 0 fully saturated rings. The Morgan fingerprint density at radius 1 is 0.586 bits per heavy atom. The maximum atomic E-state index is 11.5. The predicted molar refractivity (Wildman–Crippen MR) is 104 cm³/mol. The molecule has 0 spiro atoms. The van der Waals surface area contributed by atoms with E-state index < -0.39 is 0 Å². The van der Waals surface area contributed by atoms with Crippen molar-refractivity contribution in [3.05, 3.63) is 0 Å². The van der Waals surface area contributed by atoms with Crippen molar-refractivity contribution in [1.82, 2.24) is 10.6 Å². The molecule has 0 aliphatic heterocycles. The second-order valence-electron chi connectivity index (χ2n) is 5.57. The first-order chi connectivity index (χ1) is 14.2. The van der Waals surface area contributed by atoms with E-state index in [4.69, 9.17) is 33.2 Å². The summed E-state index contributed by atoms with van der Waals surface area (Å²) < 4.78 is 36.3. The van der Waals surface area contributed by atoms with Gasteiger partial charge in [-0.1, -0.05) is 0 Å². The highest BCUT2D eigenvalue weighted by molar-refractivity contribution is 5.77. The molecule has 0 aromatic carbocycles. The number of likely N-dealkylation sites (N-methyl/N-ethyl adjacent to an activating group) is 1. The zero-order valence-corrected chi connectivity index (χ0v) is 17.6. The molecule has 0 aromatic heterocycles. The standard InChI is InChI=1S/C18H36N2O9/c1-19-17(21)15-28-13-12-27-10-9-26-8-7-24-4-3-20-18(22)16-29-14-11-25-6-5-23-2/h3-16H2,1-2H3,(H,19,21)(H,20,22). The van der Waals surface area contributed by atoms with Crippen LogP contribution in [0.25, 0.3) is 0 Å². The van der Waals surface area contributed by atoms with Gasteiger partial charge in [-0.25, -0.2) is 0 Å². The van der Waals surface area contributed by atoms with Gasteiger partial charge in [0.25, 0.3) is 0 Å². The molecular weight excluding hydrogens is 388 g/mol. The number of nitrogens with one attached hydrogen (secondary N) is 2. The number of methoxy groups -OCH3 is 1. The third-order valence-corrected chi connectivity index (χ3v) is 3.23. The Kier molecular flexibility index (Phi) is 21.9. The summed E-state index contributed by atoms with van der Waals surface area (Å²) in [6.07, 6.45) is 0. The molecule has 0 aliphatic rings. The van der Waals surface area contributed by atoms with Gasteiger partial charge in [-0.3, -0.25) is 9.59 Å². The number of hydrogen-bond donors (Lipinski definition) is 2. The smallest absolute Gasteiger partial charge is 0.246 e. The Morgan fingerprint density at radius 3 is 1.48 bits per heavy atom. The van der Waals surface area contributed by atoms with Gasteiger partial charge in [0.05, 0.1) is 72.7 Å². The lowest BCUT2D eigenvalue weighted by atomic mass is 10.6. The predicted octanol–water partition coefficient (Wildman–Crippen LogP) is -1.41. The van der Waals surface area contributed by atoms with Crippen molar-refractivity contribution in [3.8, 4) is 0 Å². The lowest BCUT2D eigenvalue weighted by Gasteiger charge is -2.08. The number of ether oxygens (including phenoxy) is 7. The molecule has 2 N–H and O–H groups in total. The minimum atomic E-state index is -0.196. The van der Waals surface area contributed by atoms with E-state index in [2.05, 4.69) is 10.6 Å². The van der Waals surface area contributed by atoms with Crippen LogP contribution in [0.4, 0.5) is 0 Å². The third-order valence-electron chi connectivity index (χ3n) is 3.23. The van der Waals surface area contributed by atoms with E-state index >= 15 is 0 Å². The SMILES string of the molecule is CNC(=O)COCCOCCOCCOCCNC(=O)COCCOCCOC. The average Bonchev–Trinajstić information content (AvgIpc) is 2.73. The molecule has 0 aliphatic carbocycles. The van der Waals surface area contributed by atoms with Crippen LogP contribution in [-0.4, -0.2) is 118 Å². The van der Waals surface area contributed by atoms with Crippen LogP contribution in [0, 0.1) is 0 Å². The van der Waals surface area contributed by atoms with Crippen LogP contribution >= 0.6 is 0 Å². The number of amides is 2. The fourth-order valence-electron chi connectivity index (χ4n) is 1.74. The van der Waals surface area contributed by atoms with Gasteiger partial charge in [0.1, 0.15) is 13.2 Å². The second kappa shape index (κ2) is 22.9. The summed E-state index contributed by atoms with van der Waals surface area (Å²) in [7, 11) is 3.16. The highest BCUT2D eigenvalue weighted by atomic mass is 16.6. The van der Waals surface area contributed by atoms with E-state index in [1.165, 1.54) is 0 Å². The molecule has 0 atom stereocenters. The Balaban J connectivity index is 3.15. The molecular formula is C18H36N2O9. The normalized spacial score (nSPS) is 10.8. The van der Waals surface area contributed by atoms with E-state index in [0.29, 0.717) is 79.2 Å². The maximum Gasteiger partial charge on any atom is 0.246 e. The summed E-state index contributed by atoms with van der Waals surface area (Å²) in [5.74, 6) is -0.362. The Labute approximate surface area is 172 Å². The molecule has 0 radical (unpaired) electrons. The summed E-state index contributed by atoms with van der Waals surface area (Å²) in [5.41, 5.74) is 0. The highest BCUT2D eigenvalue weighted by Crippen LogP contribution is 1.84. The molecule has 0 rings (SSSR count). The zero-order chi connectivity index (χ0) is 21.4. The minimum absolute atomic E-state index is 0.00636. The molecule has 0 bridgehead atoms. The largest absolute Gasteiger partial charge is 0.382 e. The monoisotopic (exact) mass is 424 g/mol. The van der Waals surface area contributed by atoms with Gasteiger partial charge in [-0.15, -0.1) is 0 Å². The first kappa shape index (κ1) is 27.7. The highest BCUT2D eigenvalue weighted by Gasteiger charge is 2.01. The van der Waals surface area contributed by atoms with Gasteiger partial charge in [-0.2, -0.15) is 0 Å². The number of carbonyl (C=O) groups is 2. The van der Waals surface area contributed by atoms with Crippen LogP contribution in [0.5, 0.6) is 0 Å². The average molecular weight is 424 g/mol. The van der Waals surface area contributed by atoms with Gasteiger partial charge in [-0.05, 0) is 0 Å². The van der Waals surface area contributed by atoms with Gasteiger partial charge in [0.2, 0.25) is 11.8 Å². The van der Waals surface area contributed by atoms with Crippen molar-refractivity contribution in [2.75, 3.05) is 107 Å². The molecule has 172 valence electrons. The zero-order valence-electron chi connectivity index (χ0n) is 17.6. The first-order valence-corrected chi connectivity index (χ1v) is 9.63. The fourth-order valence-corrected chi connectivity index (χ4v) is 1.74. The molecule has 29 heavy (non-hydrogen) atoms. The molecule has 2 amide bonds. The first-order valence-electron chi connectivity index (χ1n) is 9.63. The quantitative estimate of drug-likeness (QED) is 0.202. The van der Waals surface area contributed by atoms with E-state index in [1.54, 1.807) is 14.2 Å². The fraction of sp³-hybridized carbons (Fsp3) is 0.889. The lowest BCUT2D eigenvalue weighted by Crippen LogP contribution is -2.31. The summed E-state index contributed by atoms with van der Waals surface area (Å²) in [6, 6.07) is 0.